The summed E-state index contributed by atoms with van der Waals surface area (Å²) < 4.78 is 40.5. The van der Waals surface area contributed by atoms with Crippen LogP contribution in [0.4, 0.5) is 35.9 Å². The maximum atomic E-state index is 13.5. The number of rotatable bonds is 3. The molecule has 1 saturated heterocycles. The molecule has 0 aromatic heterocycles. The highest BCUT2D eigenvalue weighted by molar-refractivity contribution is 7.81. The van der Waals surface area contributed by atoms with E-state index in [-0.39, 0.29) is 10.8 Å². The quantitative estimate of drug-likeness (QED) is 0.252. The van der Waals surface area contributed by atoms with Crippen LogP contribution < -0.4 is 15.1 Å². The van der Waals surface area contributed by atoms with Gasteiger partial charge in [-0.05, 0) is 100 Å². The first-order chi connectivity index (χ1) is 18.8. The molecule has 0 saturated carbocycles. The molecule has 1 aliphatic rings. The highest BCUT2D eigenvalue weighted by atomic mass is 32.1. The molecular formula is C29H23F3N6S2. The number of thiocarbonyl (C=S) groups is 2. The molecule has 0 bridgehead atoms. The van der Waals surface area contributed by atoms with Gasteiger partial charge in [-0.1, -0.05) is 23.8 Å². The number of nitriles is 1. The molecule has 1 N–H and O–H groups in total. The summed E-state index contributed by atoms with van der Waals surface area (Å²) in [7, 11) is 0. The number of hydrogen-bond acceptors (Lipinski definition) is 3. The number of alkyl halides is 3. The Labute approximate surface area is 241 Å². The first-order valence-corrected chi connectivity index (χ1v) is 12.8. The smallest absolute Gasteiger partial charge is 0.331 e. The van der Waals surface area contributed by atoms with Crippen LogP contribution in [0.15, 0.2) is 65.7 Å². The Hall–Kier alpha value is -4.32. The predicted octanol–water partition coefficient (Wildman–Crippen LogP) is 7.93. The third-order valence-corrected chi connectivity index (χ3v) is 7.01. The van der Waals surface area contributed by atoms with Crippen LogP contribution in [0.25, 0.3) is 4.85 Å². The zero-order valence-electron chi connectivity index (χ0n) is 22.0. The lowest BCUT2D eigenvalue weighted by atomic mass is 10.0. The van der Waals surface area contributed by atoms with E-state index in [0.29, 0.717) is 22.3 Å². The average molecular weight is 577 g/mol. The lowest BCUT2D eigenvalue weighted by Crippen LogP contribution is -2.45. The lowest BCUT2D eigenvalue weighted by molar-refractivity contribution is -0.137. The van der Waals surface area contributed by atoms with Gasteiger partial charge in [-0.3, -0.25) is 4.90 Å². The summed E-state index contributed by atoms with van der Waals surface area (Å²) in [6.45, 7) is 15.0. The van der Waals surface area contributed by atoms with Crippen molar-refractivity contribution in [2.75, 3.05) is 15.1 Å². The fraction of sp³-hybridized carbons (Fsp3) is 0.207. The Bertz CT molecular complexity index is 1630. The Morgan fingerprint density at radius 2 is 1.70 bits per heavy atom. The minimum Gasteiger partial charge on any atom is -0.331 e. The molecule has 6 nitrogen and oxygen atoms in total. The highest BCUT2D eigenvalue weighted by Gasteiger charge is 2.48. The van der Waals surface area contributed by atoms with Crippen LogP contribution in [-0.2, 0) is 6.18 Å². The van der Waals surface area contributed by atoms with Gasteiger partial charge in [0.2, 0.25) is 0 Å². The number of amidine groups is 1. The minimum atomic E-state index is -4.71. The molecule has 11 heteroatoms. The summed E-state index contributed by atoms with van der Waals surface area (Å²) in [5.41, 5.74) is 1.47. The number of aliphatic imine (C=N–C) groups is 1. The second kappa shape index (κ2) is 10.7. The number of anilines is 3. The van der Waals surface area contributed by atoms with Crippen molar-refractivity contribution < 1.29 is 13.2 Å². The van der Waals surface area contributed by atoms with Crippen molar-refractivity contribution in [3.63, 3.8) is 0 Å². The van der Waals surface area contributed by atoms with Crippen molar-refractivity contribution >= 4 is 63.2 Å². The number of aryl methyl sites for hydroxylation is 2. The first kappa shape index (κ1) is 28.7. The average Bonchev–Trinajstić information content (AvgIpc) is 3.08. The van der Waals surface area contributed by atoms with Crippen LogP contribution in [-0.4, -0.2) is 21.6 Å². The molecule has 40 heavy (non-hydrogen) atoms. The van der Waals surface area contributed by atoms with E-state index < -0.39 is 22.8 Å². The Morgan fingerprint density at radius 3 is 2.27 bits per heavy atom. The summed E-state index contributed by atoms with van der Waals surface area (Å²) in [5, 5.41) is 12.2. The molecule has 0 unspecified atom stereocenters. The van der Waals surface area contributed by atoms with Crippen molar-refractivity contribution in [3.8, 4) is 6.07 Å². The van der Waals surface area contributed by atoms with E-state index >= 15 is 0 Å². The number of halogens is 3. The topological polar surface area (TPSA) is 59.0 Å². The van der Waals surface area contributed by atoms with Gasteiger partial charge in [0.1, 0.15) is 11.4 Å². The first-order valence-electron chi connectivity index (χ1n) is 12.0. The largest absolute Gasteiger partial charge is 0.417 e. The van der Waals surface area contributed by atoms with Crippen LogP contribution >= 0.6 is 24.4 Å². The van der Waals surface area contributed by atoms with E-state index in [0.717, 1.165) is 28.9 Å². The minimum absolute atomic E-state index is 0.0400. The Morgan fingerprint density at radius 1 is 1.05 bits per heavy atom. The molecule has 202 valence electrons. The van der Waals surface area contributed by atoms with Gasteiger partial charge in [-0.15, -0.1) is 0 Å². The maximum absolute atomic E-state index is 13.5. The van der Waals surface area contributed by atoms with E-state index in [1.807, 2.05) is 62.9 Å². The van der Waals surface area contributed by atoms with Crippen molar-refractivity contribution in [1.29, 1.82) is 5.26 Å². The molecular weight excluding hydrogens is 553 g/mol. The van der Waals surface area contributed by atoms with Gasteiger partial charge in [0.15, 0.2) is 15.9 Å². The van der Waals surface area contributed by atoms with Crippen molar-refractivity contribution in [2.24, 2.45) is 4.99 Å². The van der Waals surface area contributed by atoms with Crippen molar-refractivity contribution in [3.05, 3.63) is 94.3 Å². The fourth-order valence-corrected chi connectivity index (χ4v) is 5.19. The second-order valence-corrected chi connectivity index (χ2v) is 10.4. The molecule has 0 aliphatic carbocycles. The summed E-state index contributed by atoms with van der Waals surface area (Å²) in [4.78, 5) is 11.9. The predicted molar refractivity (Wildman–Crippen MR) is 160 cm³/mol. The van der Waals surface area contributed by atoms with Gasteiger partial charge < -0.3 is 10.2 Å². The van der Waals surface area contributed by atoms with E-state index in [2.05, 4.69) is 15.2 Å². The van der Waals surface area contributed by atoms with E-state index in [1.54, 1.807) is 23.1 Å². The molecule has 1 heterocycles. The number of nitrogens with one attached hydrogen (secondary N) is 1. The van der Waals surface area contributed by atoms with Crippen molar-refractivity contribution in [2.45, 2.75) is 39.4 Å². The zero-order valence-corrected chi connectivity index (χ0v) is 23.6. The van der Waals surface area contributed by atoms with Gasteiger partial charge in [-0.2, -0.15) is 18.4 Å². The van der Waals surface area contributed by atoms with Crippen LogP contribution in [0.2, 0.25) is 0 Å². The van der Waals surface area contributed by atoms with Gasteiger partial charge >= 0.3 is 6.18 Å². The number of hydrogen-bond donors (Lipinski definition) is 1. The van der Waals surface area contributed by atoms with E-state index in [4.69, 9.17) is 36.3 Å². The zero-order chi connectivity index (χ0) is 29.4. The third-order valence-electron chi connectivity index (χ3n) is 6.46. The summed E-state index contributed by atoms with van der Waals surface area (Å²) >= 11 is 11.4. The standard InChI is InChI=1S/C29H23F3N6S2/c1-17-6-10-21(11-7-17)38-27(40)37(22-12-13-24(34-5)18(2)14-22)25(28(38,3)4)36-26(39)35-20-9-8-19(16-33)23(15-20)29(30,31)32/h6-15H,1-4H3,(H,35,39). The van der Waals surface area contributed by atoms with Gasteiger partial charge in [-0.25, -0.2) is 9.84 Å². The third kappa shape index (κ3) is 5.39. The lowest BCUT2D eigenvalue weighted by Gasteiger charge is -2.31. The molecule has 0 atom stereocenters. The molecule has 0 radical (unpaired) electrons. The van der Waals surface area contributed by atoms with Crippen molar-refractivity contribution in [1.82, 2.24) is 0 Å². The molecule has 3 aromatic carbocycles. The normalized spacial score (nSPS) is 15.6. The molecule has 3 aromatic rings. The fourth-order valence-electron chi connectivity index (χ4n) is 4.46. The molecule has 0 spiro atoms. The van der Waals surface area contributed by atoms with E-state index in [9.17, 15) is 13.2 Å². The second-order valence-electron chi connectivity index (χ2n) is 9.67. The SMILES string of the molecule is [C-]#[N+]c1ccc(N2C(=S)N(c3ccc(C)cc3)C(C)(C)C2=NC(=S)Nc2ccc(C#N)c(C(F)(F)F)c2)cc1C. The number of benzene rings is 3. The number of nitrogens with zero attached hydrogens (tertiary/aromatic N) is 5. The van der Waals surface area contributed by atoms with Crippen LogP contribution in [0.1, 0.15) is 36.1 Å². The summed E-state index contributed by atoms with van der Waals surface area (Å²) in [5.74, 6) is 0.440. The van der Waals surface area contributed by atoms with Gasteiger partial charge in [0, 0.05) is 17.1 Å². The molecule has 1 fully saturated rings. The van der Waals surface area contributed by atoms with Gasteiger partial charge in [0.05, 0.1) is 23.8 Å². The maximum Gasteiger partial charge on any atom is 0.417 e. The van der Waals surface area contributed by atoms with Crippen LogP contribution in [0.3, 0.4) is 0 Å². The highest BCUT2D eigenvalue weighted by Crippen LogP contribution is 2.39. The molecule has 1 aliphatic heterocycles. The van der Waals surface area contributed by atoms with Crippen LogP contribution in [0, 0.1) is 31.8 Å². The molecule has 0 amide bonds. The monoisotopic (exact) mass is 576 g/mol. The van der Waals surface area contributed by atoms with Crippen LogP contribution in [0.5, 0.6) is 0 Å². The van der Waals surface area contributed by atoms with Gasteiger partial charge in [0.25, 0.3) is 0 Å². The Kier molecular flexibility index (Phi) is 7.66. The van der Waals surface area contributed by atoms with E-state index in [1.165, 1.54) is 6.07 Å². The summed E-state index contributed by atoms with van der Waals surface area (Å²) in [6, 6.07) is 18.0. The molecule has 4 rings (SSSR count). The summed E-state index contributed by atoms with van der Waals surface area (Å²) in [6.07, 6.45) is -4.71. The Balaban J connectivity index is 1.80.